The minimum Gasteiger partial charge on any atom is -0.472 e. The van der Waals surface area contributed by atoms with Crippen LogP contribution in [-0.4, -0.2) is 33.0 Å². The molecule has 0 aromatic carbocycles. The van der Waals surface area contributed by atoms with Crippen LogP contribution in [0.4, 0.5) is 0 Å². The van der Waals surface area contributed by atoms with Crippen LogP contribution in [-0.2, 0) is 11.3 Å². The molecular weight excluding hydrogens is 330 g/mol. The smallest absolute Gasteiger partial charge is 0.333 e. The zero-order valence-corrected chi connectivity index (χ0v) is 13.5. The molecule has 3 unspecified atom stereocenters. The standard InChI is InChI=1S/C15H17N5O5/c1-9-5-19(13-4-11(17-18-16)12(7-21)25-13)15(23)20(14(9)22)6-10-2-3-24-8-10/h2-3,5,8,11-13,21H,4,6-7H2,1H3. The van der Waals surface area contributed by atoms with Gasteiger partial charge in [0, 0.05) is 28.7 Å². The summed E-state index contributed by atoms with van der Waals surface area (Å²) < 4.78 is 13.0. The van der Waals surface area contributed by atoms with E-state index in [1.54, 1.807) is 13.0 Å². The number of nitrogens with zero attached hydrogens (tertiary/aromatic N) is 5. The predicted molar refractivity (Wildman–Crippen MR) is 86.1 cm³/mol. The Hall–Kier alpha value is -2.81. The van der Waals surface area contributed by atoms with Crippen LogP contribution >= 0.6 is 0 Å². The third kappa shape index (κ3) is 3.22. The van der Waals surface area contributed by atoms with Gasteiger partial charge in [-0.25, -0.2) is 4.79 Å². The van der Waals surface area contributed by atoms with E-state index in [0.717, 1.165) is 4.57 Å². The van der Waals surface area contributed by atoms with Crippen molar-refractivity contribution in [2.75, 3.05) is 6.61 Å². The van der Waals surface area contributed by atoms with Crippen molar-refractivity contribution in [3.63, 3.8) is 0 Å². The number of rotatable bonds is 5. The van der Waals surface area contributed by atoms with Crippen molar-refractivity contribution < 1.29 is 14.3 Å². The molecule has 1 N–H and O–H groups in total. The fourth-order valence-electron chi connectivity index (χ4n) is 2.91. The van der Waals surface area contributed by atoms with Gasteiger partial charge in [0.05, 0.1) is 37.8 Å². The highest BCUT2D eigenvalue weighted by Gasteiger charge is 2.36. The Morgan fingerprint density at radius 1 is 1.48 bits per heavy atom. The molecule has 1 aliphatic rings. The monoisotopic (exact) mass is 347 g/mol. The van der Waals surface area contributed by atoms with E-state index in [-0.39, 0.29) is 19.6 Å². The number of aliphatic hydroxyl groups is 1. The Balaban J connectivity index is 2.00. The van der Waals surface area contributed by atoms with Crippen molar-refractivity contribution in [1.29, 1.82) is 0 Å². The van der Waals surface area contributed by atoms with E-state index >= 15 is 0 Å². The fourth-order valence-corrected chi connectivity index (χ4v) is 2.91. The SMILES string of the molecule is Cc1cn(C2CC(N=[N+]=[N-])C(CO)O2)c(=O)n(Cc2ccoc2)c1=O. The molecule has 0 amide bonds. The molecule has 10 nitrogen and oxygen atoms in total. The lowest BCUT2D eigenvalue weighted by atomic mass is 10.1. The summed E-state index contributed by atoms with van der Waals surface area (Å²) >= 11 is 0. The van der Waals surface area contributed by atoms with Crippen LogP contribution in [0.25, 0.3) is 10.4 Å². The first-order chi connectivity index (χ1) is 12.0. The van der Waals surface area contributed by atoms with Crippen molar-refractivity contribution >= 4 is 0 Å². The van der Waals surface area contributed by atoms with Gasteiger partial charge in [0.15, 0.2) is 0 Å². The Kier molecular flexibility index (Phi) is 4.75. The molecule has 3 atom stereocenters. The molecule has 1 fully saturated rings. The average Bonchev–Trinajstić information content (AvgIpc) is 3.25. The van der Waals surface area contributed by atoms with Crippen LogP contribution in [0, 0.1) is 6.92 Å². The van der Waals surface area contributed by atoms with Crippen molar-refractivity contribution in [1.82, 2.24) is 9.13 Å². The quantitative estimate of drug-likeness (QED) is 0.487. The second kappa shape index (κ2) is 6.98. The summed E-state index contributed by atoms with van der Waals surface area (Å²) in [6.07, 6.45) is 3.17. The van der Waals surface area contributed by atoms with E-state index in [1.807, 2.05) is 0 Å². The molecule has 0 saturated carbocycles. The summed E-state index contributed by atoms with van der Waals surface area (Å²) in [5.74, 6) is 0. The van der Waals surface area contributed by atoms with Crippen LogP contribution in [0.2, 0.25) is 0 Å². The summed E-state index contributed by atoms with van der Waals surface area (Å²) in [5, 5.41) is 13.0. The first-order valence-electron chi connectivity index (χ1n) is 7.69. The number of furan rings is 1. The van der Waals surface area contributed by atoms with Gasteiger partial charge in [-0.3, -0.25) is 13.9 Å². The molecule has 3 rings (SSSR count). The molecule has 10 heteroatoms. The highest BCUT2D eigenvalue weighted by Crippen LogP contribution is 2.29. The maximum atomic E-state index is 12.8. The normalized spacial score (nSPS) is 22.7. The maximum absolute atomic E-state index is 12.8. The van der Waals surface area contributed by atoms with E-state index in [0.29, 0.717) is 11.1 Å². The molecular formula is C15H17N5O5. The molecule has 0 spiro atoms. The molecule has 0 bridgehead atoms. The number of hydrogen-bond acceptors (Lipinski definition) is 6. The maximum Gasteiger partial charge on any atom is 0.333 e. The minimum absolute atomic E-state index is 0.0752. The summed E-state index contributed by atoms with van der Waals surface area (Å²) in [6, 6.07) is 1.09. The van der Waals surface area contributed by atoms with Crippen LogP contribution in [0.1, 0.15) is 23.8 Å². The van der Waals surface area contributed by atoms with Gasteiger partial charge in [0.1, 0.15) is 6.23 Å². The lowest BCUT2D eigenvalue weighted by Crippen LogP contribution is -2.42. The van der Waals surface area contributed by atoms with Crippen molar-refractivity contribution in [3.8, 4) is 0 Å². The molecule has 25 heavy (non-hydrogen) atoms. The molecule has 1 saturated heterocycles. The number of ether oxygens (including phenoxy) is 1. The molecule has 0 aliphatic carbocycles. The number of azide groups is 1. The first-order valence-corrected chi connectivity index (χ1v) is 7.69. The number of aliphatic hydroxyl groups excluding tert-OH is 1. The van der Waals surface area contributed by atoms with Crippen molar-refractivity contribution in [2.45, 2.75) is 38.3 Å². The van der Waals surface area contributed by atoms with E-state index < -0.39 is 29.6 Å². The number of aromatic nitrogens is 2. The van der Waals surface area contributed by atoms with Crippen LogP contribution in [0.5, 0.6) is 0 Å². The zero-order valence-electron chi connectivity index (χ0n) is 13.5. The van der Waals surface area contributed by atoms with Gasteiger partial charge in [0.25, 0.3) is 5.56 Å². The van der Waals surface area contributed by atoms with Gasteiger partial charge in [-0.1, -0.05) is 5.11 Å². The summed E-state index contributed by atoms with van der Waals surface area (Å²) in [5.41, 5.74) is 8.74. The Morgan fingerprint density at radius 2 is 2.28 bits per heavy atom. The third-order valence-electron chi connectivity index (χ3n) is 4.18. The summed E-state index contributed by atoms with van der Waals surface area (Å²) in [4.78, 5) is 27.9. The largest absolute Gasteiger partial charge is 0.472 e. The van der Waals surface area contributed by atoms with Crippen LogP contribution in [0.15, 0.2) is 43.9 Å². The average molecular weight is 347 g/mol. The van der Waals surface area contributed by atoms with Gasteiger partial charge in [-0.15, -0.1) is 0 Å². The van der Waals surface area contributed by atoms with E-state index in [2.05, 4.69) is 10.0 Å². The van der Waals surface area contributed by atoms with E-state index in [4.69, 9.17) is 14.7 Å². The Labute approximate surface area is 141 Å². The minimum atomic E-state index is -0.727. The lowest BCUT2D eigenvalue weighted by Gasteiger charge is -2.17. The Bertz CT molecular complexity index is 909. The van der Waals surface area contributed by atoms with Gasteiger partial charge < -0.3 is 14.3 Å². The lowest BCUT2D eigenvalue weighted by molar-refractivity contribution is -0.0277. The second-order valence-corrected chi connectivity index (χ2v) is 5.84. The van der Waals surface area contributed by atoms with Crippen LogP contribution < -0.4 is 11.2 Å². The zero-order chi connectivity index (χ0) is 18.0. The molecule has 3 heterocycles. The highest BCUT2D eigenvalue weighted by atomic mass is 16.5. The van der Waals surface area contributed by atoms with Gasteiger partial charge >= 0.3 is 5.69 Å². The van der Waals surface area contributed by atoms with E-state index in [1.165, 1.54) is 23.3 Å². The topological polar surface area (TPSA) is 135 Å². The molecule has 2 aromatic heterocycles. The van der Waals surface area contributed by atoms with Gasteiger partial charge in [-0.05, 0) is 18.5 Å². The van der Waals surface area contributed by atoms with Crippen molar-refractivity contribution in [2.24, 2.45) is 5.11 Å². The second-order valence-electron chi connectivity index (χ2n) is 5.84. The predicted octanol–water partition coefficient (Wildman–Crippen LogP) is 0.918. The summed E-state index contributed by atoms with van der Waals surface area (Å²) in [7, 11) is 0. The number of aryl methyl sites for hydroxylation is 1. The van der Waals surface area contributed by atoms with Gasteiger partial charge in [-0.2, -0.15) is 0 Å². The molecule has 0 radical (unpaired) electrons. The number of hydrogen-bond donors (Lipinski definition) is 1. The first kappa shape index (κ1) is 17.0. The summed E-state index contributed by atoms with van der Waals surface area (Å²) in [6.45, 7) is 1.35. The van der Waals surface area contributed by atoms with Crippen LogP contribution in [0.3, 0.4) is 0 Å². The fraction of sp³-hybridized carbons (Fsp3) is 0.467. The van der Waals surface area contributed by atoms with Crippen molar-refractivity contribution in [3.05, 3.63) is 67.2 Å². The molecule has 2 aromatic rings. The highest BCUT2D eigenvalue weighted by molar-refractivity contribution is 5.10. The molecule has 132 valence electrons. The molecule has 1 aliphatic heterocycles. The third-order valence-corrected chi connectivity index (χ3v) is 4.18. The van der Waals surface area contributed by atoms with E-state index in [9.17, 15) is 14.7 Å². The van der Waals surface area contributed by atoms with Gasteiger partial charge in [0.2, 0.25) is 0 Å². The Morgan fingerprint density at radius 3 is 2.92 bits per heavy atom.